The van der Waals surface area contributed by atoms with Gasteiger partial charge in [-0.05, 0) is 42.8 Å². The third kappa shape index (κ3) is 5.64. The van der Waals surface area contributed by atoms with Gasteiger partial charge in [0.2, 0.25) is 0 Å². The van der Waals surface area contributed by atoms with E-state index in [0.29, 0.717) is 6.61 Å². The van der Waals surface area contributed by atoms with Gasteiger partial charge in [0.25, 0.3) is 0 Å². The fraction of sp³-hybridized carbons (Fsp3) is 0.300. The lowest BCUT2D eigenvalue weighted by Gasteiger charge is -2.10. The van der Waals surface area contributed by atoms with Crippen LogP contribution in [0.1, 0.15) is 53.3 Å². The molecular formula is C20H22O5. The third-order valence-electron chi connectivity index (χ3n) is 3.64. The van der Waals surface area contributed by atoms with Gasteiger partial charge >= 0.3 is 11.9 Å². The molecule has 5 heteroatoms. The minimum absolute atomic E-state index is 0.0589. The highest BCUT2D eigenvalue weighted by Gasteiger charge is 2.17. The number of rotatable bonds is 8. The highest BCUT2D eigenvalue weighted by molar-refractivity contribution is 5.96. The quantitative estimate of drug-likeness (QED) is 0.439. The standard InChI is InChI=1S/C20H22O5/c1-2-3-4-7-14-24-20(23)17-8-5-6-9-18(17)25-19(22)15-10-12-16(21)13-11-15/h5-6,8-13,21H,2-4,7,14H2,1H3. The number of carbonyl (C=O) groups excluding carboxylic acids is 2. The highest BCUT2D eigenvalue weighted by atomic mass is 16.5. The van der Waals surface area contributed by atoms with Gasteiger partial charge in [0.15, 0.2) is 0 Å². The molecule has 1 N–H and O–H groups in total. The number of hydrogen-bond acceptors (Lipinski definition) is 5. The monoisotopic (exact) mass is 342 g/mol. The molecule has 0 aromatic heterocycles. The molecule has 25 heavy (non-hydrogen) atoms. The maximum Gasteiger partial charge on any atom is 0.343 e. The predicted octanol–water partition coefficient (Wildman–Crippen LogP) is 4.35. The van der Waals surface area contributed by atoms with Crippen LogP contribution in [0.15, 0.2) is 48.5 Å². The summed E-state index contributed by atoms with van der Waals surface area (Å²) in [5, 5.41) is 9.27. The van der Waals surface area contributed by atoms with E-state index < -0.39 is 11.9 Å². The molecule has 132 valence electrons. The second-order valence-electron chi connectivity index (χ2n) is 5.63. The summed E-state index contributed by atoms with van der Waals surface area (Å²) >= 11 is 0. The second kappa shape index (κ2) is 9.47. The SMILES string of the molecule is CCCCCCOC(=O)c1ccccc1OC(=O)c1ccc(O)cc1. The summed E-state index contributed by atoms with van der Waals surface area (Å²) in [6.07, 6.45) is 4.05. The fourth-order valence-corrected chi connectivity index (χ4v) is 2.25. The number of benzene rings is 2. The summed E-state index contributed by atoms with van der Waals surface area (Å²) < 4.78 is 10.6. The van der Waals surface area contributed by atoms with Crippen LogP contribution in [0, 0.1) is 0 Å². The van der Waals surface area contributed by atoms with Gasteiger partial charge in [-0.3, -0.25) is 0 Å². The fourth-order valence-electron chi connectivity index (χ4n) is 2.25. The Labute approximate surface area is 147 Å². The number of ether oxygens (including phenoxy) is 2. The van der Waals surface area contributed by atoms with E-state index in [1.165, 1.54) is 24.3 Å². The molecule has 0 bridgehead atoms. The van der Waals surface area contributed by atoms with E-state index >= 15 is 0 Å². The van der Waals surface area contributed by atoms with Gasteiger partial charge in [0.05, 0.1) is 12.2 Å². The zero-order valence-electron chi connectivity index (χ0n) is 14.2. The Bertz CT molecular complexity index is 706. The van der Waals surface area contributed by atoms with Gasteiger partial charge in [-0.1, -0.05) is 38.3 Å². The maximum atomic E-state index is 12.2. The summed E-state index contributed by atoms with van der Waals surface area (Å²) in [5.41, 5.74) is 0.491. The van der Waals surface area contributed by atoms with Crippen molar-refractivity contribution >= 4 is 11.9 Å². The number of phenols is 1. The second-order valence-corrected chi connectivity index (χ2v) is 5.63. The van der Waals surface area contributed by atoms with Crippen LogP contribution >= 0.6 is 0 Å². The number of unbranched alkanes of at least 4 members (excludes halogenated alkanes) is 3. The van der Waals surface area contributed by atoms with Crippen molar-refractivity contribution in [3.63, 3.8) is 0 Å². The summed E-state index contributed by atoms with van der Waals surface area (Å²) in [6.45, 7) is 2.46. The van der Waals surface area contributed by atoms with Crippen LogP contribution in [0.4, 0.5) is 0 Å². The first kappa shape index (κ1) is 18.5. The summed E-state index contributed by atoms with van der Waals surface area (Å²) in [6, 6.07) is 12.2. The van der Waals surface area contributed by atoms with Crippen LogP contribution in [-0.4, -0.2) is 23.7 Å². The predicted molar refractivity (Wildman–Crippen MR) is 93.9 cm³/mol. The van der Waals surface area contributed by atoms with Crippen molar-refractivity contribution in [1.29, 1.82) is 0 Å². The number of esters is 2. The van der Waals surface area contributed by atoms with Crippen LogP contribution in [0.25, 0.3) is 0 Å². The van der Waals surface area contributed by atoms with Crippen LogP contribution in [0.3, 0.4) is 0 Å². The molecule has 0 saturated carbocycles. The lowest BCUT2D eigenvalue weighted by molar-refractivity contribution is 0.0492. The van der Waals surface area contributed by atoms with Crippen LogP contribution in [0.5, 0.6) is 11.5 Å². The Morgan fingerprint density at radius 2 is 1.64 bits per heavy atom. The van der Waals surface area contributed by atoms with Crippen molar-refractivity contribution in [1.82, 2.24) is 0 Å². The van der Waals surface area contributed by atoms with E-state index in [-0.39, 0.29) is 22.6 Å². The molecule has 0 spiro atoms. The normalized spacial score (nSPS) is 10.3. The number of para-hydroxylation sites is 1. The molecule has 0 atom stereocenters. The zero-order valence-corrected chi connectivity index (χ0v) is 14.2. The Morgan fingerprint density at radius 3 is 2.36 bits per heavy atom. The lowest BCUT2D eigenvalue weighted by Crippen LogP contribution is -2.13. The van der Waals surface area contributed by atoms with Crippen molar-refractivity contribution in [2.24, 2.45) is 0 Å². The maximum absolute atomic E-state index is 12.2. The van der Waals surface area contributed by atoms with E-state index in [0.717, 1.165) is 25.7 Å². The van der Waals surface area contributed by atoms with Crippen molar-refractivity contribution < 1.29 is 24.2 Å². The molecule has 2 rings (SSSR count). The molecule has 0 fully saturated rings. The summed E-state index contributed by atoms with van der Waals surface area (Å²) in [7, 11) is 0. The van der Waals surface area contributed by atoms with Crippen LogP contribution < -0.4 is 4.74 Å². The molecule has 0 aliphatic rings. The molecule has 2 aromatic rings. The molecule has 0 heterocycles. The largest absolute Gasteiger partial charge is 0.508 e. The Kier molecular flexibility index (Phi) is 7.01. The van der Waals surface area contributed by atoms with E-state index in [4.69, 9.17) is 9.47 Å². The van der Waals surface area contributed by atoms with Gasteiger partial charge in [-0.25, -0.2) is 9.59 Å². The first-order valence-corrected chi connectivity index (χ1v) is 8.39. The molecular weight excluding hydrogens is 320 g/mol. The Morgan fingerprint density at radius 1 is 0.920 bits per heavy atom. The number of carbonyl (C=O) groups is 2. The van der Waals surface area contributed by atoms with Crippen molar-refractivity contribution in [3.05, 3.63) is 59.7 Å². The summed E-state index contributed by atoms with van der Waals surface area (Å²) in [4.78, 5) is 24.4. The Hall–Kier alpha value is -2.82. The molecule has 0 amide bonds. The first-order valence-electron chi connectivity index (χ1n) is 8.39. The average Bonchev–Trinajstić information content (AvgIpc) is 2.62. The molecule has 0 unspecified atom stereocenters. The first-order chi connectivity index (χ1) is 12.1. The van der Waals surface area contributed by atoms with Crippen molar-refractivity contribution in [2.45, 2.75) is 32.6 Å². The third-order valence-corrected chi connectivity index (χ3v) is 3.64. The van der Waals surface area contributed by atoms with E-state index in [1.807, 2.05) is 0 Å². The van der Waals surface area contributed by atoms with Crippen molar-refractivity contribution in [3.8, 4) is 11.5 Å². The van der Waals surface area contributed by atoms with Gasteiger partial charge in [0, 0.05) is 0 Å². The van der Waals surface area contributed by atoms with Crippen molar-refractivity contribution in [2.75, 3.05) is 6.61 Å². The zero-order chi connectivity index (χ0) is 18.1. The highest BCUT2D eigenvalue weighted by Crippen LogP contribution is 2.21. The van der Waals surface area contributed by atoms with E-state index in [2.05, 4.69) is 6.92 Å². The number of phenolic OH excluding ortho intramolecular Hbond substituents is 1. The lowest BCUT2D eigenvalue weighted by atomic mass is 10.2. The number of hydrogen-bond donors (Lipinski definition) is 1. The molecule has 0 aliphatic carbocycles. The molecule has 0 aliphatic heterocycles. The van der Waals surface area contributed by atoms with Crippen LogP contribution in [-0.2, 0) is 4.74 Å². The number of aromatic hydroxyl groups is 1. The minimum atomic E-state index is -0.608. The van der Waals surface area contributed by atoms with Gasteiger partial charge in [-0.15, -0.1) is 0 Å². The minimum Gasteiger partial charge on any atom is -0.508 e. The van der Waals surface area contributed by atoms with Gasteiger partial charge < -0.3 is 14.6 Å². The average molecular weight is 342 g/mol. The van der Waals surface area contributed by atoms with Gasteiger partial charge in [-0.2, -0.15) is 0 Å². The smallest absolute Gasteiger partial charge is 0.343 e. The molecule has 2 aromatic carbocycles. The Balaban J connectivity index is 2.00. The van der Waals surface area contributed by atoms with Gasteiger partial charge in [0.1, 0.15) is 17.1 Å². The molecule has 0 radical (unpaired) electrons. The summed E-state index contributed by atoms with van der Waals surface area (Å²) in [5.74, 6) is -0.906. The topological polar surface area (TPSA) is 72.8 Å². The molecule has 0 saturated heterocycles. The van der Waals surface area contributed by atoms with E-state index in [9.17, 15) is 14.7 Å². The molecule has 5 nitrogen and oxygen atoms in total. The van der Waals surface area contributed by atoms with Crippen LogP contribution in [0.2, 0.25) is 0 Å². The van der Waals surface area contributed by atoms with E-state index in [1.54, 1.807) is 24.3 Å².